The lowest BCUT2D eigenvalue weighted by Gasteiger charge is -2.05. The van der Waals surface area contributed by atoms with Gasteiger partial charge in [0.05, 0.1) is 0 Å². The van der Waals surface area contributed by atoms with Gasteiger partial charge >= 0.3 is 0 Å². The van der Waals surface area contributed by atoms with Crippen LogP contribution in [-0.4, -0.2) is 9.97 Å². The van der Waals surface area contributed by atoms with Gasteiger partial charge in [-0.25, -0.2) is 9.97 Å². The fraction of sp³-hybridized carbons (Fsp3) is 0.100. The summed E-state index contributed by atoms with van der Waals surface area (Å²) in [4.78, 5) is 8.90. The highest BCUT2D eigenvalue weighted by Gasteiger charge is 2.03. The summed E-state index contributed by atoms with van der Waals surface area (Å²) in [6.45, 7) is 7.52. The lowest BCUT2D eigenvalue weighted by Crippen LogP contribution is -1.92. The molecule has 0 atom stereocenters. The Labute approximate surface area is 130 Å². The maximum Gasteiger partial charge on any atom is 0.159 e. The summed E-state index contributed by atoms with van der Waals surface area (Å²) >= 11 is 0. The lowest BCUT2D eigenvalue weighted by molar-refractivity contribution is 1.10. The van der Waals surface area contributed by atoms with Crippen molar-refractivity contribution in [3.63, 3.8) is 0 Å². The molecule has 0 spiro atoms. The summed E-state index contributed by atoms with van der Waals surface area (Å²) < 4.78 is 0. The van der Waals surface area contributed by atoms with Crippen molar-refractivity contribution in [1.29, 1.82) is 0 Å². The van der Waals surface area contributed by atoms with E-state index in [2.05, 4.69) is 59.5 Å². The summed E-state index contributed by atoms with van der Waals surface area (Å²) in [5.74, 6) is 0.755. The molecule has 22 heavy (non-hydrogen) atoms. The Morgan fingerprint density at radius 3 is 2.14 bits per heavy atom. The summed E-state index contributed by atoms with van der Waals surface area (Å²) in [5, 5.41) is 2.43. The predicted molar refractivity (Wildman–Crippen MR) is 92.8 cm³/mol. The lowest BCUT2D eigenvalue weighted by atomic mass is 10.0. The van der Waals surface area contributed by atoms with Crippen LogP contribution in [0.4, 0.5) is 0 Å². The molecule has 0 saturated heterocycles. The van der Waals surface area contributed by atoms with E-state index >= 15 is 0 Å². The maximum absolute atomic E-state index is 4.45. The van der Waals surface area contributed by atoms with Crippen molar-refractivity contribution in [2.45, 2.75) is 12.8 Å². The molecule has 0 fully saturated rings. The van der Waals surface area contributed by atoms with Crippen molar-refractivity contribution in [3.8, 4) is 11.4 Å². The largest absolute Gasteiger partial charge is 0.236 e. The third kappa shape index (κ3) is 2.96. The van der Waals surface area contributed by atoms with E-state index in [1.165, 1.54) is 16.3 Å². The molecule has 0 aliphatic carbocycles. The highest BCUT2D eigenvalue weighted by molar-refractivity contribution is 5.87. The van der Waals surface area contributed by atoms with Crippen LogP contribution >= 0.6 is 0 Å². The molecule has 0 aliphatic heterocycles. The van der Waals surface area contributed by atoms with E-state index in [-0.39, 0.29) is 0 Å². The van der Waals surface area contributed by atoms with E-state index in [0.29, 0.717) is 0 Å². The molecule has 0 N–H and O–H groups in total. The minimum Gasteiger partial charge on any atom is -0.236 e. The van der Waals surface area contributed by atoms with E-state index in [4.69, 9.17) is 0 Å². The highest BCUT2D eigenvalue weighted by Crippen LogP contribution is 2.23. The van der Waals surface area contributed by atoms with Crippen molar-refractivity contribution in [2.24, 2.45) is 0 Å². The van der Waals surface area contributed by atoms with Gasteiger partial charge in [0.1, 0.15) is 0 Å². The van der Waals surface area contributed by atoms with E-state index < -0.39 is 0 Å². The molecule has 0 aliphatic rings. The Bertz CT molecular complexity index is 817. The Morgan fingerprint density at radius 2 is 1.41 bits per heavy atom. The van der Waals surface area contributed by atoms with E-state index in [1.54, 1.807) is 0 Å². The average molecular weight is 286 g/mol. The van der Waals surface area contributed by atoms with Gasteiger partial charge in [-0.15, -0.1) is 13.2 Å². The molecule has 3 aromatic rings. The van der Waals surface area contributed by atoms with Crippen LogP contribution in [0.3, 0.4) is 0 Å². The van der Waals surface area contributed by atoms with Crippen molar-refractivity contribution in [3.05, 3.63) is 85.2 Å². The van der Waals surface area contributed by atoms with Gasteiger partial charge in [0.2, 0.25) is 0 Å². The molecular formula is C20H18N2. The summed E-state index contributed by atoms with van der Waals surface area (Å²) in [7, 11) is 0. The number of rotatable bonds is 5. The van der Waals surface area contributed by atoms with Crippen molar-refractivity contribution in [1.82, 2.24) is 9.97 Å². The van der Waals surface area contributed by atoms with Gasteiger partial charge in [-0.3, -0.25) is 0 Å². The minimum absolute atomic E-state index is 0.755. The standard InChI is InChI=1S/C20H18N2/c1-3-5-15-7-8-18-12-19(10-9-17(18)11-15)20-21-13-16(6-4-2)14-22-20/h3-4,7-14H,1-2,5-6H2. The molecule has 0 amide bonds. The van der Waals surface area contributed by atoms with Crippen LogP contribution in [0.2, 0.25) is 0 Å². The molecule has 1 aromatic heterocycles. The predicted octanol–water partition coefficient (Wildman–Crippen LogP) is 4.75. The van der Waals surface area contributed by atoms with Crippen LogP contribution in [0, 0.1) is 0 Å². The van der Waals surface area contributed by atoms with Crippen LogP contribution in [0.25, 0.3) is 22.2 Å². The zero-order chi connectivity index (χ0) is 15.4. The Morgan fingerprint density at radius 1 is 0.773 bits per heavy atom. The van der Waals surface area contributed by atoms with E-state index in [0.717, 1.165) is 29.8 Å². The third-order valence-electron chi connectivity index (χ3n) is 3.63. The van der Waals surface area contributed by atoms with Crippen molar-refractivity contribution >= 4 is 10.8 Å². The van der Waals surface area contributed by atoms with Gasteiger partial charge in [0.25, 0.3) is 0 Å². The summed E-state index contributed by atoms with van der Waals surface area (Å²) in [5.41, 5.74) is 3.39. The fourth-order valence-corrected chi connectivity index (χ4v) is 2.50. The SMILES string of the molecule is C=CCc1cnc(-c2ccc3cc(CC=C)ccc3c2)nc1. The Kier molecular flexibility index (Phi) is 4.10. The first kappa shape index (κ1) is 14.2. The van der Waals surface area contributed by atoms with Crippen LogP contribution in [0.1, 0.15) is 11.1 Å². The summed E-state index contributed by atoms with van der Waals surface area (Å²) in [6.07, 6.45) is 9.20. The highest BCUT2D eigenvalue weighted by atomic mass is 14.9. The Hall–Kier alpha value is -2.74. The third-order valence-corrected chi connectivity index (χ3v) is 3.63. The molecule has 0 saturated carbocycles. The van der Waals surface area contributed by atoms with Crippen LogP contribution in [0.15, 0.2) is 74.1 Å². The minimum atomic E-state index is 0.755. The van der Waals surface area contributed by atoms with Gasteiger partial charge in [-0.1, -0.05) is 42.5 Å². The molecule has 0 radical (unpaired) electrons. The normalized spacial score (nSPS) is 10.5. The second kappa shape index (κ2) is 6.35. The number of benzene rings is 2. The summed E-state index contributed by atoms with van der Waals surface area (Å²) in [6, 6.07) is 12.8. The molecule has 0 bridgehead atoms. The molecule has 0 unspecified atom stereocenters. The molecule has 2 nitrogen and oxygen atoms in total. The van der Waals surface area contributed by atoms with Gasteiger partial charge in [0.15, 0.2) is 5.82 Å². The zero-order valence-electron chi connectivity index (χ0n) is 12.5. The van der Waals surface area contributed by atoms with Crippen LogP contribution in [-0.2, 0) is 12.8 Å². The molecule has 2 heteroatoms. The number of fused-ring (bicyclic) bond motifs is 1. The first-order valence-electron chi connectivity index (χ1n) is 7.36. The number of aromatic nitrogens is 2. The molecule has 3 rings (SSSR count). The van der Waals surface area contributed by atoms with Crippen LogP contribution in [0.5, 0.6) is 0 Å². The van der Waals surface area contributed by atoms with Crippen molar-refractivity contribution in [2.75, 3.05) is 0 Å². The topological polar surface area (TPSA) is 25.8 Å². The molecule has 108 valence electrons. The quantitative estimate of drug-likeness (QED) is 0.632. The van der Waals surface area contributed by atoms with Crippen LogP contribution < -0.4 is 0 Å². The van der Waals surface area contributed by atoms with Gasteiger partial charge in [-0.2, -0.15) is 0 Å². The molecule has 2 aromatic carbocycles. The smallest absolute Gasteiger partial charge is 0.159 e. The Balaban J connectivity index is 1.95. The molecular weight excluding hydrogens is 268 g/mol. The second-order valence-electron chi connectivity index (χ2n) is 5.30. The van der Waals surface area contributed by atoms with Crippen molar-refractivity contribution < 1.29 is 0 Å². The first-order chi connectivity index (χ1) is 10.8. The first-order valence-corrected chi connectivity index (χ1v) is 7.36. The number of hydrogen-bond acceptors (Lipinski definition) is 2. The average Bonchev–Trinajstić information content (AvgIpc) is 2.56. The maximum atomic E-state index is 4.45. The number of hydrogen-bond donors (Lipinski definition) is 0. The van der Waals surface area contributed by atoms with Gasteiger partial charge in [0, 0.05) is 18.0 Å². The van der Waals surface area contributed by atoms with Gasteiger partial charge in [-0.05, 0) is 40.8 Å². The number of nitrogens with zero attached hydrogens (tertiary/aromatic N) is 2. The second-order valence-corrected chi connectivity index (χ2v) is 5.30. The van der Waals surface area contributed by atoms with E-state index in [9.17, 15) is 0 Å². The molecule has 1 heterocycles. The fourth-order valence-electron chi connectivity index (χ4n) is 2.50. The zero-order valence-corrected chi connectivity index (χ0v) is 12.5. The van der Waals surface area contributed by atoms with Gasteiger partial charge < -0.3 is 0 Å². The number of allylic oxidation sites excluding steroid dienone is 2. The van der Waals surface area contributed by atoms with E-state index in [1.807, 2.05) is 24.5 Å². The monoisotopic (exact) mass is 286 g/mol.